The Balaban J connectivity index is 1.72. The Kier molecular flexibility index (Phi) is 3.12. The molecule has 3 nitrogen and oxygen atoms in total. The maximum Gasteiger partial charge on any atom is 0.227 e. The van der Waals surface area contributed by atoms with Gasteiger partial charge in [0.1, 0.15) is 0 Å². The lowest BCUT2D eigenvalue weighted by Crippen LogP contribution is -2.50. The summed E-state index contributed by atoms with van der Waals surface area (Å²) in [6.45, 7) is 0.989. The Labute approximate surface area is 104 Å². The van der Waals surface area contributed by atoms with Gasteiger partial charge in [-0.15, -0.1) is 0 Å². The molecule has 2 aliphatic carbocycles. The minimum Gasteiger partial charge on any atom is -0.339 e. The van der Waals surface area contributed by atoms with Gasteiger partial charge in [-0.3, -0.25) is 4.79 Å². The highest BCUT2D eigenvalue weighted by atomic mass is 16.2. The van der Waals surface area contributed by atoms with E-state index in [-0.39, 0.29) is 12.0 Å². The maximum absolute atomic E-state index is 12.6. The van der Waals surface area contributed by atoms with Crippen LogP contribution >= 0.6 is 0 Å². The Hall–Kier alpha value is -0.570. The van der Waals surface area contributed by atoms with Crippen LogP contribution in [0.25, 0.3) is 0 Å². The van der Waals surface area contributed by atoms with E-state index in [0.29, 0.717) is 11.9 Å². The number of nitrogens with zero attached hydrogens (tertiary/aromatic N) is 1. The van der Waals surface area contributed by atoms with Gasteiger partial charge in [-0.2, -0.15) is 0 Å². The average Bonchev–Trinajstić information content (AvgIpc) is 2.95. The van der Waals surface area contributed by atoms with Gasteiger partial charge in [0.25, 0.3) is 0 Å². The number of hydrogen-bond acceptors (Lipinski definition) is 2. The molecule has 4 unspecified atom stereocenters. The fraction of sp³-hybridized carbons (Fsp3) is 0.929. The summed E-state index contributed by atoms with van der Waals surface area (Å²) >= 11 is 0. The standard InChI is InChI=1S/C14H24N2O/c15-12-7-2-6-11(12)14(17)16-9-3-5-10-4-1-8-13(10)16/h10-13H,1-9,15H2. The van der Waals surface area contributed by atoms with Crippen LogP contribution < -0.4 is 5.73 Å². The third kappa shape index (κ3) is 1.99. The fourth-order valence-corrected chi connectivity index (χ4v) is 4.24. The molecule has 0 aromatic heterocycles. The lowest BCUT2D eigenvalue weighted by Gasteiger charge is -2.39. The SMILES string of the molecule is NC1CCCC1C(=O)N1CCCC2CCCC21. The van der Waals surface area contributed by atoms with E-state index in [1.807, 2.05) is 0 Å². The summed E-state index contributed by atoms with van der Waals surface area (Å²) in [7, 11) is 0. The lowest BCUT2D eigenvalue weighted by molar-refractivity contribution is -0.140. The van der Waals surface area contributed by atoms with Gasteiger partial charge in [0.05, 0.1) is 5.92 Å². The van der Waals surface area contributed by atoms with E-state index in [4.69, 9.17) is 5.73 Å². The topological polar surface area (TPSA) is 46.3 Å². The molecular formula is C14H24N2O. The van der Waals surface area contributed by atoms with Crippen LogP contribution in [-0.2, 0) is 4.79 Å². The summed E-state index contributed by atoms with van der Waals surface area (Å²) < 4.78 is 0. The monoisotopic (exact) mass is 236 g/mol. The quantitative estimate of drug-likeness (QED) is 0.756. The van der Waals surface area contributed by atoms with Crippen LogP contribution in [0.15, 0.2) is 0 Å². The first kappa shape index (κ1) is 11.5. The number of carbonyl (C=O) groups is 1. The van der Waals surface area contributed by atoms with Gasteiger partial charge in [-0.05, 0) is 44.4 Å². The number of hydrogen-bond donors (Lipinski definition) is 1. The molecule has 0 spiro atoms. The maximum atomic E-state index is 12.6. The third-order valence-corrected chi connectivity index (χ3v) is 5.16. The number of nitrogens with two attached hydrogens (primary N) is 1. The second-order valence-electron chi connectivity index (χ2n) is 6.13. The van der Waals surface area contributed by atoms with Gasteiger partial charge in [0.15, 0.2) is 0 Å². The zero-order valence-electron chi connectivity index (χ0n) is 10.6. The molecule has 1 saturated heterocycles. The first-order valence-electron chi connectivity index (χ1n) is 7.33. The van der Waals surface area contributed by atoms with Crippen molar-refractivity contribution in [1.29, 1.82) is 0 Å². The number of likely N-dealkylation sites (tertiary alicyclic amines) is 1. The first-order chi connectivity index (χ1) is 8.27. The van der Waals surface area contributed by atoms with Crippen LogP contribution in [0.3, 0.4) is 0 Å². The molecule has 96 valence electrons. The summed E-state index contributed by atoms with van der Waals surface area (Å²) in [6.07, 6.45) is 9.63. The molecule has 4 atom stereocenters. The fourth-order valence-electron chi connectivity index (χ4n) is 4.24. The second-order valence-corrected chi connectivity index (χ2v) is 6.13. The van der Waals surface area contributed by atoms with E-state index in [1.54, 1.807) is 0 Å². The number of carbonyl (C=O) groups excluding carboxylic acids is 1. The smallest absolute Gasteiger partial charge is 0.227 e. The third-order valence-electron chi connectivity index (χ3n) is 5.16. The first-order valence-corrected chi connectivity index (χ1v) is 7.33. The van der Waals surface area contributed by atoms with Crippen LogP contribution in [-0.4, -0.2) is 29.4 Å². The minimum atomic E-state index is 0.129. The van der Waals surface area contributed by atoms with Gasteiger partial charge in [-0.25, -0.2) is 0 Å². The van der Waals surface area contributed by atoms with Gasteiger partial charge >= 0.3 is 0 Å². The Bertz CT molecular complexity index is 305. The largest absolute Gasteiger partial charge is 0.339 e. The van der Waals surface area contributed by atoms with E-state index < -0.39 is 0 Å². The summed E-state index contributed by atoms with van der Waals surface area (Å²) in [5.74, 6) is 1.31. The molecule has 1 aliphatic heterocycles. The van der Waals surface area contributed by atoms with Crippen molar-refractivity contribution in [1.82, 2.24) is 4.90 Å². The highest BCUT2D eigenvalue weighted by Crippen LogP contribution is 2.38. The molecule has 3 heteroatoms. The molecule has 1 amide bonds. The van der Waals surface area contributed by atoms with E-state index in [9.17, 15) is 4.79 Å². The molecule has 2 saturated carbocycles. The molecule has 2 N–H and O–H groups in total. The highest BCUT2D eigenvalue weighted by Gasteiger charge is 2.41. The second kappa shape index (κ2) is 4.60. The Morgan fingerprint density at radius 2 is 1.76 bits per heavy atom. The minimum absolute atomic E-state index is 0.129. The molecular weight excluding hydrogens is 212 g/mol. The van der Waals surface area contributed by atoms with Crippen molar-refractivity contribution >= 4 is 5.91 Å². The molecule has 3 fully saturated rings. The predicted octanol–water partition coefficient (Wildman–Crippen LogP) is 1.90. The van der Waals surface area contributed by atoms with E-state index in [1.165, 1.54) is 32.1 Å². The van der Waals surface area contributed by atoms with Gasteiger partial charge in [0.2, 0.25) is 5.91 Å². The van der Waals surface area contributed by atoms with Crippen LogP contribution in [0.4, 0.5) is 0 Å². The zero-order chi connectivity index (χ0) is 11.8. The number of piperidine rings is 1. The zero-order valence-corrected chi connectivity index (χ0v) is 10.6. The molecule has 1 heterocycles. The Morgan fingerprint density at radius 3 is 2.53 bits per heavy atom. The van der Waals surface area contributed by atoms with Crippen LogP contribution in [0.2, 0.25) is 0 Å². The van der Waals surface area contributed by atoms with Crippen molar-refractivity contribution < 1.29 is 4.79 Å². The summed E-state index contributed by atoms with van der Waals surface area (Å²) in [6, 6.07) is 0.688. The van der Waals surface area contributed by atoms with Crippen molar-refractivity contribution in [2.24, 2.45) is 17.6 Å². The van der Waals surface area contributed by atoms with Crippen molar-refractivity contribution in [2.75, 3.05) is 6.54 Å². The molecule has 3 aliphatic rings. The Morgan fingerprint density at radius 1 is 1.00 bits per heavy atom. The van der Waals surface area contributed by atoms with Crippen molar-refractivity contribution in [3.8, 4) is 0 Å². The van der Waals surface area contributed by atoms with Crippen LogP contribution in [0.1, 0.15) is 51.4 Å². The number of rotatable bonds is 1. The van der Waals surface area contributed by atoms with Crippen molar-refractivity contribution in [3.63, 3.8) is 0 Å². The van der Waals surface area contributed by atoms with E-state index in [0.717, 1.165) is 31.7 Å². The molecule has 0 aromatic carbocycles. The highest BCUT2D eigenvalue weighted by molar-refractivity contribution is 5.80. The molecule has 0 aromatic rings. The molecule has 17 heavy (non-hydrogen) atoms. The van der Waals surface area contributed by atoms with E-state index >= 15 is 0 Å². The van der Waals surface area contributed by atoms with Gasteiger partial charge in [-0.1, -0.05) is 12.8 Å². The van der Waals surface area contributed by atoms with Crippen LogP contribution in [0.5, 0.6) is 0 Å². The van der Waals surface area contributed by atoms with Crippen molar-refractivity contribution in [2.45, 2.75) is 63.5 Å². The van der Waals surface area contributed by atoms with E-state index in [2.05, 4.69) is 4.90 Å². The summed E-state index contributed by atoms with van der Waals surface area (Å²) in [5, 5.41) is 0. The van der Waals surface area contributed by atoms with Gasteiger partial charge in [0, 0.05) is 18.6 Å². The summed E-state index contributed by atoms with van der Waals surface area (Å²) in [4.78, 5) is 14.8. The number of amides is 1. The number of fused-ring (bicyclic) bond motifs is 1. The van der Waals surface area contributed by atoms with Crippen LogP contribution in [0, 0.1) is 11.8 Å². The molecule has 3 rings (SSSR count). The van der Waals surface area contributed by atoms with Crippen molar-refractivity contribution in [3.05, 3.63) is 0 Å². The molecule has 0 radical (unpaired) electrons. The predicted molar refractivity (Wildman–Crippen MR) is 67.4 cm³/mol. The molecule has 0 bridgehead atoms. The average molecular weight is 236 g/mol. The lowest BCUT2D eigenvalue weighted by atomic mass is 9.90. The normalized spacial score (nSPS) is 41.6. The van der Waals surface area contributed by atoms with Gasteiger partial charge < -0.3 is 10.6 Å². The summed E-state index contributed by atoms with van der Waals surface area (Å²) in [5.41, 5.74) is 6.08.